The van der Waals surface area contributed by atoms with Crippen LogP contribution in [0.1, 0.15) is 11.1 Å². The van der Waals surface area contributed by atoms with Crippen LogP contribution in [0, 0.1) is 0 Å². The summed E-state index contributed by atoms with van der Waals surface area (Å²) in [5.74, 6) is 0. The number of halogens is 3. The van der Waals surface area contributed by atoms with Crippen LogP contribution in [-0.2, 0) is 22.7 Å². The Bertz CT molecular complexity index is 1320. The van der Waals surface area contributed by atoms with E-state index in [1.54, 1.807) is 24.4 Å². The van der Waals surface area contributed by atoms with Gasteiger partial charge in [0, 0.05) is 12.7 Å². The molecule has 0 saturated heterocycles. The molecule has 4 aromatic rings. The molecular formula is C23H17F3N2O2S2. The number of sulfonamides is 1. The average Bonchev–Trinajstić information content (AvgIpc) is 3.32. The van der Waals surface area contributed by atoms with Gasteiger partial charge in [-0.05, 0) is 58.5 Å². The van der Waals surface area contributed by atoms with Crippen molar-refractivity contribution in [3.05, 3.63) is 95.5 Å². The quantitative estimate of drug-likeness (QED) is 0.374. The smallest absolute Gasteiger partial charge is 0.255 e. The monoisotopic (exact) mass is 474 g/mol. The lowest BCUT2D eigenvalue weighted by Crippen LogP contribution is -2.23. The first kappa shape index (κ1) is 22.2. The Morgan fingerprint density at radius 3 is 2.38 bits per heavy atom. The van der Waals surface area contributed by atoms with Gasteiger partial charge in [-0.25, -0.2) is 13.1 Å². The van der Waals surface area contributed by atoms with E-state index in [-0.39, 0.29) is 11.4 Å². The zero-order valence-electron chi connectivity index (χ0n) is 16.5. The molecule has 2 heterocycles. The number of benzene rings is 2. The van der Waals surface area contributed by atoms with E-state index in [1.807, 2.05) is 17.5 Å². The molecule has 32 heavy (non-hydrogen) atoms. The summed E-state index contributed by atoms with van der Waals surface area (Å²) in [6, 6.07) is 18.0. The van der Waals surface area contributed by atoms with Crippen LogP contribution < -0.4 is 4.72 Å². The minimum atomic E-state index is -4.45. The van der Waals surface area contributed by atoms with E-state index in [0.717, 1.165) is 22.6 Å². The third-order valence-electron chi connectivity index (χ3n) is 4.79. The normalized spacial score (nSPS) is 12.1. The second-order valence-corrected chi connectivity index (χ2v) is 9.63. The molecule has 0 unspecified atom stereocenters. The zero-order chi connectivity index (χ0) is 22.8. The fraction of sp³-hybridized carbons (Fsp3) is 0.0870. The molecule has 0 radical (unpaired) electrons. The Kier molecular flexibility index (Phi) is 6.14. The first-order valence-corrected chi connectivity index (χ1v) is 11.9. The zero-order valence-corrected chi connectivity index (χ0v) is 18.1. The molecule has 9 heteroatoms. The average molecular weight is 475 g/mol. The van der Waals surface area contributed by atoms with E-state index in [2.05, 4.69) is 9.71 Å². The molecule has 0 aliphatic carbocycles. The van der Waals surface area contributed by atoms with Crippen molar-refractivity contribution in [3.8, 4) is 21.7 Å². The van der Waals surface area contributed by atoms with Gasteiger partial charge in [0.15, 0.2) is 0 Å². The molecular weight excluding hydrogens is 457 g/mol. The summed E-state index contributed by atoms with van der Waals surface area (Å²) in [6.07, 6.45) is -2.79. The molecule has 0 fully saturated rings. The molecule has 0 atom stereocenters. The fourth-order valence-corrected chi connectivity index (χ4v) is 4.94. The molecule has 4 rings (SSSR count). The van der Waals surface area contributed by atoms with Crippen molar-refractivity contribution in [2.45, 2.75) is 17.6 Å². The highest BCUT2D eigenvalue weighted by Gasteiger charge is 2.30. The van der Waals surface area contributed by atoms with Crippen molar-refractivity contribution in [2.24, 2.45) is 0 Å². The van der Waals surface area contributed by atoms with E-state index in [4.69, 9.17) is 0 Å². The summed E-state index contributed by atoms with van der Waals surface area (Å²) in [5.41, 5.74) is 1.53. The van der Waals surface area contributed by atoms with Gasteiger partial charge in [-0.2, -0.15) is 13.2 Å². The number of alkyl halides is 3. The molecule has 0 spiro atoms. The number of hydrogen-bond acceptors (Lipinski definition) is 4. The molecule has 0 bridgehead atoms. The van der Waals surface area contributed by atoms with Gasteiger partial charge in [0.05, 0.1) is 21.0 Å². The van der Waals surface area contributed by atoms with Gasteiger partial charge < -0.3 is 0 Å². The largest absolute Gasteiger partial charge is 0.416 e. The molecule has 4 nitrogen and oxygen atoms in total. The fourth-order valence-electron chi connectivity index (χ4n) is 3.17. The minimum Gasteiger partial charge on any atom is -0.255 e. The number of aromatic nitrogens is 1. The predicted octanol–water partition coefficient (Wildman–Crippen LogP) is 5.97. The summed E-state index contributed by atoms with van der Waals surface area (Å²) in [7, 11) is -3.83. The van der Waals surface area contributed by atoms with Gasteiger partial charge in [0.25, 0.3) is 0 Å². The third-order valence-corrected chi connectivity index (χ3v) is 7.08. The maximum absolute atomic E-state index is 13.0. The standard InChI is InChI=1S/C23H17F3N2O2S2/c24-23(25,26)19-6-1-4-17(14-19)16-8-10-20(11-9-16)32(29,30)28-15-18-5-2-12-27-22(18)21-7-3-13-31-21/h1-14,28H,15H2. The third kappa shape index (κ3) is 4.90. The van der Waals surface area contributed by atoms with Crippen LogP contribution in [0.2, 0.25) is 0 Å². The molecule has 0 aliphatic rings. The SMILES string of the molecule is O=S(=O)(NCc1cccnc1-c1cccs1)c1ccc(-c2cccc(C(F)(F)F)c2)cc1. The van der Waals surface area contributed by atoms with E-state index in [9.17, 15) is 21.6 Å². The molecule has 0 saturated carbocycles. The Morgan fingerprint density at radius 1 is 0.906 bits per heavy atom. The Balaban J connectivity index is 1.53. The van der Waals surface area contributed by atoms with Crippen LogP contribution in [0.15, 0.2) is 89.3 Å². The van der Waals surface area contributed by atoms with E-state index in [1.165, 1.54) is 41.7 Å². The van der Waals surface area contributed by atoms with Crippen LogP contribution >= 0.6 is 11.3 Å². The number of hydrogen-bond donors (Lipinski definition) is 1. The molecule has 1 N–H and O–H groups in total. The van der Waals surface area contributed by atoms with Gasteiger partial charge in [-0.3, -0.25) is 4.98 Å². The van der Waals surface area contributed by atoms with Crippen LogP contribution in [0.3, 0.4) is 0 Å². The molecule has 164 valence electrons. The van der Waals surface area contributed by atoms with Crippen molar-refractivity contribution in [3.63, 3.8) is 0 Å². The maximum Gasteiger partial charge on any atom is 0.416 e. The number of rotatable bonds is 6. The topological polar surface area (TPSA) is 59.1 Å². The molecule has 2 aromatic heterocycles. The lowest BCUT2D eigenvalue weighted by molar-refractivity contribution is -0.137. The number of thiophene rings is 1. The van der Waals surface area contributed by atoms with Gasteiger partial charge in [0.1, 0.15) is 0 Å². The Morgan fingerprint density at radius 2 is 1.69 bits per heavy atom. The van der Waals surface area contributed by atoms with Crippen molar-refractivity contribution < 1.29 is 21.6 Å². The molecule has 0 amide bonds. The highest BCUT2D eigenvalue weighted by Crippen LogP contribution is 2.32. The van der Waals surface area contributed by atoms with Crippen molar-refractivity contribution in [1.82, 2.24) is 9.71 Å². The summed E-state index contributed by atoms with van der Waals surface area (Å²) in [5, 5.41) is 1.92. The van der Waals surface area contributed by atoms with Gasteiger partial charge in [0.2, 0.25) is 10.0 Å². The highest BCUT2D eigenvalue weighted by molar-refractivity contribution is 7.89. The molecule has 2 aromatic carbocycles. The number of pyridine rings is 1. The van der Waals surface area contributed by atoms with E-state index < -0.39 is 21.8 Å². The van der Waals surface area contributed by atoms with Crippen LogP contribution in [0.5, 0.6) is 0 Å². The lowest BCUT2D eigenvalue weighted by atomic mass is 10.0. The van der Waals surface area contributed by atoms with Crippen LogP contribution in [0.25, 0.3) is 21.7 Å². The van der Waals surface area contributed by atoms with Gasteiger partial charge >= 0.3 is 6.18 Å². The van der Waals surface area contributed by atoms with Crippen LogP contribution in [0.4, 0.5) is 13.2 Å². The number of nitrogens with one attached hydrogen (secondary N) is 1. The van der Waals surface area contributed by atoms with Gasteiger partial charge in [-0.1, -0.05) is 36.4 Å². The first-order valence-electron chi connectivity index (χ1n) is 9.49. The van der Waals surface area contributed by atoms with Crippen molar-refractivity contribution in [1.29, 1.82) is 0 Å². The second-order valence-electron chi connectivity index (χ2n) is 6.92. The Labute approximate surface area is 187 Å². The summed E-state index contributed by atoms with van der Waals surface area (Å²) >= 11 is 1.51. The van der Waals surface area contributed by atoms with E-state index in [0.29, 0.717) is 16.8 Å². The van der Waals surface area contributed by atoms with Crippen molar-refractivity contribution >= 4 is 21.4 Å². The van der Waals surface area contributed by atoms with Crippen LogP contribution in [-0.4, -0.2) is 13.4 Å². The summed E-state index contributed by atoms with van der Waals surface area (Å²) in [6.45, 7) is 0.0544. The summed E-state index contributed by atoms with van der Waals surface area (Å²) < 4.78 is 67.0. The Hall–Kier alpha value is -3.01. The van der Waals surface area contributed by atoms with Gasteiger partial charge in [-0.15, -0.1) is 11.3 Å². The second kappa shape index (κ2) is 8.85. The summed E-state index contributed by atoms with van der Waals surface area (Å²) in [4.78, 5) is 5.32. The minimum absolute atomic E-state index is 0.0230. The highest BCUT2D eigenvalue weighted by atomic mass is 32.2. The first-order chi connectivity index (χ1) is 15.2. The van der Waals surface area contributed by atoms with Crippen molar-refractivity contribution in [2.75, 3.05) is 0 Å². The van der Waals surface area contributed by atoms with E-state index >= 15 is 0 Å². The predicted molar refractivity (Wildman–Crippen MR) is 118 cm³/mol. The maximum atomic E-state index is 13.0. The molecule has 0 aliphatic heterocycles. The number of nitrogens with zero attached hydrogens (tertiary/aromatic N) is 1. The lowest BCUT2D eigenvalue weighted by Gasteiger charge is -2.11.